The van der Waals surface area contributed by atoms with Crippen LogP contribution in [-0.4, -0.2) is 5.78 Å². The molecule has 0 saturated heterocycles. The molecular formula is C13H4Cl5FO. The highest BCUT2D eigenvalue weighted by Crippen LogP contribution is 2.38. The number of benzene rings is 2. The van der Waals surface area contributed by atoms with Gasteiger partial charge in [0.05, 0.1) is 31.2 Å². The minimum atomic E-state index is -0.777. The second kappa shape index (κ2) is 6.08. The van der Waals surface area contributed by atoms with Crippen molar-refractivity contribution in [1.29, 1.82) is 0 Å². The molecule has 0 aliphatic rings. The molecule has 0 atom stereocenters. The predicted octanol–water partition coefficient (Wildman–Crippen LogP) is 6.32. The maximum Gasteiger partial charge on any atom is 0.199 e. The lowest BCUT2D eigenvalue weighted by Gasteiger charge is -2.10. The van der Waals surface area contributed by atoms with Gasteiger partial charge >= 0.3 is 0 Å². The molecule has 20 heavy (non-hydrogen) atoms. The molecule has 0 aliphatic heterocycles. The van der Waals surface area contributed by atoms with Gasteiger partial charge in [-0.3, -0.25) is 4.79 Å². The van der Waals surface area contributed by atoms with Crippen LogP contribution in [0.3, 0.4) is 0 Å². The van der Waals surface area contributed by atoms with Crippen molar-refractivity contribution in [1.82, 2.24) is 0 Å². The van der Waals surface area contributed by atoms with Crippen LogP contribution >= 0.6 is 58.0 Å². The third kappa shape index (κ3) is 2.90. The number of rotatable bonds is 2. The van der Waals surface area contributed by atoms with Crippen molar-refractivity contribution < 1.29 is 9.18 Å². The average molecular weight is 372 g/mol. The van der Waals surface area contributed by atoms with E-state index in [-0.39, 0.29) is 36.2 Å². The SMILES string of the molecule is O=C(c1ccc(Cl)cc1F)c1c(Cl)cc(Cl)c(Cl)c1Cl. The van der Waals surface area contributed by atoms with Crippen molar-refractivity contribution >= 4 is 63.8 Å². The molecule has 2 rings (SSSR count). The Morgan fingerprint density at radius 2 is 1.55 bits per heavy atom. The summed E-state index contributed by atoms with van der Waals surface area (Å²) in [6, 6.07) is 4.93. The summed E-state index contributed by atoms with van der Waals surface area (Å²) in [7, 11) is 0. The summed E-state index contributed by atoms with van der Waals surface area (Å²) in [5, 5.41) is 0.128. The highest BCUT2D eigenvalue weighted by molar-refractivity contribution is 6.51. The van der Waals surface area contributed by atoms with E-state index in [2.05, 4.69) is 0 Å². The van der Waals surface area contributed by atoms with E-state index in [4.69, 9.17) is 58.0 Å². The van der Waals surface area contributed by atoms with E-state index >= 15 is 0 Å². The molecule has 1 nitrogen and oxygen atoms in total. The third-order valence-electron chi connectivity index (χ3n) is 2.52. The molecule has 0 unspecified atom stereocenters. The molecular weight excluding hydrogens is 368 g/mol. The summed E-state index contributed by atoms with van der Waals surface area (Å²) in [5.41, 5.74) is -0.319. The Morgan fingerprint density at radius 3 is 2.15 bits per heavy atom. The topological polar surface area (TPSA) is 17.1 Å². The first kappa shape index (κ1) is 15.9. The molecule has 0 fully saturated rings. The minimum absolute atomic E-state index is 0.0104. The van der Waals surface area contributed by atoms with Gasteiger partial charge in [-0.15, -0.1) is 0 Å². The van der Waals surface area contributed by atoms with Gasteiger partial charge in [0.2, 0.25) is 0 Å². The number of carbonyl (C=O) groups is 1. The number of halogens is 6. The Balaban J connectivity index is 2.63. The number of carbonyl (C=O) groups excluding carboxylic acids is 1. The van der Waals surface area contributed by atoms with Crippen molar-refractivity contribution in [3.05, 3.63) is 66.3 Å². The number of ketones is 1. The van der Waals surface area contributed by atoms with Crippen LogP contribution in [0.5, 0.6) is 0 Å². The highest BCUT2D eigenvalue weighted by atomic mass is 35.5. The summed E-state index contributed by atoms with van der Waals surface area (Å²) >= 11 is 29.2. The van der Waals surface area contributed by atoms with Crippen molar-refractivity contribution in [2.24, 2.45) is 0 Å². The molecule has 0 saturated carbocycles. The second-order valence-electron chi connectivity index (χ2n) is 3.80. The number of hydrogen-bond acceptors (Lipinski definition) is 1. The first-order valence-corrected chi connectivity index (χ1v) is 7.04. The Hall–Kier alpha value is -0.510. The lowest BCUT2D eigenvalue weighted by molar-refractivity contribution is 0.103. The van der Waals surface area contributed by atoms with Crippen molar-refractivity contribution in [2.75, 3.05) is 0 Å². The van der Waals surface area contributed by atoms with E-state index in [1.807, 2.05) is 0 Å². The lowest BCUT2D eigenvalue weighted by Crippen LogP contribution is -2.06. The number of hydrogen-bond donors (Lipinski definition) is 0. The second-order valence-corrected chi connectivity index (χ2v) is 5.80. The van der Waals surface area contributed by atoms with Crippen LogP contribution in [0.15, 0.2) is 24.3 Å². The molecule has 0 radical (unpaired) electrons. The summed E-state index contributed by atoms with van der Waals surface area (Å²) in [4.78, 5) is 12.3. The molecule has 0 bridgehead atoms. The Bertz CT molecular complexity index is 714. The van der Waals surface area contributed by atoms with E-state index < -0.39 is 11.6 Å². The van der Waals surface area contributed by atoms with E-state index in [1.54, 1.807) is 0 Å². The van der Waals surface area contributed by atoms with Gasteiger partial charge in [0.25, 0.3) is 0 Å². The van der Waals surface area contributed by atoms with Crippen LogP contribution in [0, 0.1) is 5.82 Å². The largest absolute Gasteiger partial charge is 0.288 e. The maximum atomic E-state index is 13.8. The van der Waals surface area contributed by atoms with E-state index in [9.17, 15) is 9.18 Å². The lowest BCUT2D eigenvalue weighted by atomic mass is 10.0. The first-order chi connectivity index (χ1) is 9.32. The van der Waals surface area contributed by atoms with Gasteiger partial charge in [-0.05, 0) is 24.3 Å². The average Bonchev–Trinajstić information content (AvgIpc) is 2.36. The minimum Gasteiger partial charge on any atom is -0.288 e. The van der Waals surface area contributed by atoms with Gasteiger partial charge in [-0.25, -0.2) is 4.39 Å². The fourth-order valence-corrected chi connectivity index (χ4v) is 2.83. The van der Waals surface area contributed by atoms with Gasteiger partial charge in [0.15, 0.2) is 5.78 Å². The zero-order chi connectivity index (χ0) is 15.0. The molecule has 0 heterocycles. The van der Waals surface area contributed by atoms with Crippen LogP contribution in [-0.2, 0) is 0 Å². The van der Waals surface area contributed by atoms with Crippen LogP contribution in [0.1, 0.15) is 15.9 Å². The van der Waals surface area contributed by atoms with Crippen molar-refractivity contribution in [3.63, 3.8) is 0 Å². The van der Waals surface area contributed by atoms with Gasteiger partial charge in [0, 0.05) is 5.02 Å². The quantitative estimate of drug-likeness (QED) is 0.342. The smallest absolute Gasteiger partial charge is 0.199 e. The van der Waals surface area contributed by atoms with Crippen LogP contribution in [0.4, 0.5) is 4.39 Å². The summed E-state index contributed by atoms with van der Waals surface area (Å²) in [5.74, 6) is -1.48. The molecule has 0 aromatic heterocycles. The summed E-state index contributed by atoms with van der Waals surface area (Å²) in [6.07, 6.45) is 0. The molecule has 2 aromatic rings. The molecule has 7 heteroatoms. The van der Waals surface area contributed by atoms with E-state index in [0.717, 1.165) is 6.07 Å². The van der Waals surface area contributed by atoms with Gasteiger partial charge in [0.1, 0.15) is 5.82 Å². The van der Waals surface area contributed by atoms with Gasteiger partial charge < -0.3 is 0 Å². The Kier molecular flexibility index (Phi) is 4.83. The standard InChI is InChI=1S/C13H4Cl5FO/c14-5-1-2-6(9(19)3-5)13(20)10-7(15)4-8(16)11(17)12(10)18/h1-4H. The molecule has 0 spiro atoms. The van der Waals surface area contributed by atoms with Gasteiger partial charge in [-0.1, -0.05) is 58.0 Å². The fraction of sp³-hybridized carbons (Fsp3) is 0. The van der Waals surface area contributed by atoms with Crippen LogP contribution < -0.4 is 0 Å². The summed E-state index contributed by atoms with van der Waals surface area (Å²) < 4.78 is 13.8. The normalized spacial score (nSPS) is 10.7. The zero-order valence-electron chi connectivity index (χ0n) is 9.49. The van der Waals surface area contributed by atoms with E-state index in [1.165, 1.54) is 18.2 Å². The summed E-state index contributed by atoms with van der Waals surface area (Å²) in [6.45, 7) is 0. The maximum absolute atomic E-state index is 13.8. The third-order valence-corrected chi connectivity index (χ3v) is 4.31. The monoisotopic (exact) mass is 370 g/mol. The predicted molar refractivity (Wildman–Crippen MR) is 81.3 cm³/mol. The first-order valence-electron chi connectivity index (χ1n) is 5.15. The fourth-order valence-electron chi connectivity index (χ4n) is 1.58. The van der Waals surface area contributed by atoms with Crippen molar-refractivity contribution in [2.45, 2.75) is 0 Å². The Morgan fingerprint density at radius 1 is 0.900 bits per heavy atom. The molecule has 0 N–H and O–H groups in total. The molecule has 2 aromatic carbocycles. The van der Waals surface area contributed by atoms with Gasteiger partial charge in [-0.2, -0.15) is 0 Å². The highest BCUT2D eigenvalue weighted by Gasteiger charge is 2.23. The molecule has 0 aliphatic carbocycles. The van der Waals surface area contributed by atoms with Crippen LogP contribution in [0.2, 0.25) is 25.1 Å². The van der Waals surface area contributed by atoms with E-state index in [0.29, 0.717) is 0 Å². The molecule has 0 amide bonds. The zero-order valence-corrected chi connectivity index (χ0v) is 13.3. The Labute approximate surface area is 139 Å². The van der Waals surface area contributed by atoms with Crippen molar-refractivity contribution in [3.8, 4) is 0 Å². The van der Waals surface area contributed by atoms with Crippen LogP contribution in [0.25, 0.3) is 0 Å². The molecule has 104 valence electrons.